The van der Waals surface area contributed by atoms with E-state index in [1.807, 2.05) is 6.08 Å². The minimum absolute atomic E-state index is 0.00616. The second kappa shape index (κ2) is 5.86. The van der Waals surface area contributed by atoms with Gasteiger partial charge in [0.2, 0.25) is 0 Å². The van der Waals surface area contributed by atoms with Crippen LogP contribution < -0.4 is 0 Å². The summed E-state index contributed by atoms with van der Waals surface area (Å²) in [5, 5.41) is 0. The van der Waals surface area contributed by atoms with Crippen LogP contribution >= 0.6 is 0 Å². The number of ether oxygens (including phenoxy) is 1. The molecule has 0 aromatic rings. The predicted octanol–water partition coefficient (Wildman–Crippen LogP) is 2.04. The van der Waals surface area contributed by atoms with E-state index in [-0.39, 0.29) is 6.10 Å². The zero-order valence-electron chi connectivity index (χ0n) is 7.62. The van der Waals surface area contributed by atoms with Crippen LogP contribution in [0.3, 0.4) is 0 Å². The van der Waals surface area contributed by atoms with Crippen molar-refractivity contribution >= 4 is 6.29 Å². The average Bonchev–Trinajstić information content (AvgIpc) is 2.13. The number of hydrogen-bond acceptors (Lipinski definition) is 2. The van der Waals surface area contributed by atoms with Crippen LogP contribution in [0.5, 0.6) is 0 Å². The quantitative estimate of drug-likeness (QED) is 0.373. The van der Waals surface area contributed by atoms with Gasteiger partial charge in [-0.25, -0.2) is 4.39 Å². The molecule has 1 rings (SSSR count). The van der Waals surface area contributed by atoms with Gasteiger partial charge in [0.15, 0.2) is 0 Å². The van der Waals surface area contributed by atoms with Gasteiger partial charge >= 0.3 is 0 Å². The van der Waals surface area contributed by atoms with E-state index in [9.17, 15) is 9.18 Å². The first-order valence-corrected chi connectivity index (χ1v) is 4.69. The average molecular weight is 186 g/mol. The molecule has 2 unspecified atom stereocenters. The topological polar surface area (TPSA) is 26.3 Å². The van der Waals surface area contributed by atoms with E-state index in [1.54, 1.807) is 6.08 Å². The van der Waals surface area contributed by atoms with Crippen molar-refractivity contribution in [1.82, 2.24) is 0 Å². The molecule has 0 saturated heterocycles. The maximum absolute atomic E-state index is 12.8. The fourth-order valence-corrected chi connectivity index (χ4v) is 1.36. The number of halogens is 1. The molecule has 0 bridgehead atoms. The molecule has 0 aromatic carbocycles. The highest BCUT2D eigenvalue weighted by atomic mass is 19.1. The van der Waals surface area contributed by atoms with E-state index in [4.69, 9.17) is 4.74 Å². The Morgan fingerprint density at radius 1 is 1.62 bits per heavy atom. The number of alkyl halides is 1. The molecule has 0 radical (unpaired) electrons. The molecule has 1 aliphatic rings. The minimum atomic E-state index is -0.857. The molecular formula is C10H15FO2. The summed E-state index contributed by atoms with van der Waals surface area (Å²) in [5.41, 5.74) is 0. The first-order chi connectivity index (χ1) is 6.33. The van der Waals surface area contributed by atoms with Crippen molar-refractivity contribution in [2.24, 2.45) is 0 Å². The molecule has 0 aliphatic heterocycles. The number of carbonyl (C=O) groups excluding carboxylic acids is 1. The van der Waals surface area contributed by atoms with Gasteiger partial charge in [-0.1, -0.05) is 12.2 Å². The number of hydrogen-bond donors (Lipinski definition) is 0. The first-order valence-electron chi connectivity index (χ1n) is 4.69. The number of carbonyl (C=O) groups is 1. The lowest BCUT2D eigenvalue weighted by Crippen LogP contribution is -2.20. The van der Waals surface area contributed by atoms with Crippen LogP contribution in [0.2, 0.25) is 0 Å². The molecule has 0 aromatic heterocycles. The smallest absolute Gasteiger partial charge is 0.121 e. The second-order valence-electron chi connectivity index (χ2n) is 3.22. The van der Waals surface area contributed by atoms with Gasteiger partial charge in [-0.05, 0) is 12.8 Å². The maximum Gasteiger partial charge on any atom is 0.121 e. The third-order valence-corrected chi connectivity index (χ3v) is 2.05. The Hall–Kier alpha value is -0.700. The summed E-state index contributed by atoms with van der Waals surface area (Å²) in [5.74, 6) is 0. The van der Waals surface area contributed by atoms with Gasteiger partial charge in [0, 0.05) is 19.4 Å². The summed E-state index contributed by atoms with van der Waals surface area (Å²) in [6.45, 7) is 0.559. The van der Waals surface area contributed by atoms with E-state index in [1.165, 1.54) is 0 Å². The molecular weight excluding hydrogens is 171 g/mol. The van der Waals surface area contributed by atoms with Crippen LogP contribution in [0.15, 0.2) is 12.2 Å². The molecule has 0 saturated carbocycles. The third kappa shape index (κ3) is 4.18. The second-order valence-corrected chi connectivity index (χ2v) is 3.22. The summed E-state index contributed by atoms with van der Waals surface area (Å²) >= 11 is 0. The summed E-state index contributed by atoms with van der Waals surface area (Å²) in [6.07, 6.45) is 5.93. The van der Waals surface area contributed by atoms with Crippen molar-refractivity contribution in [3.63, 3.8) is 0 Å². The number of aldehydes is 1. The van der Waals surface area contributed by atoms with Gasteiger partial charge in [0.1, 0.15) is 12.5 Å². The lowest BCUT2D eigenvalue weighted by Gasteiger charge is -2.20. The Labute approximate surface area is 77.8 Å². The van der Waals surface area contributed by atoms with Crippen LogP contribution in [-0.4, -0.2) is 25.2 Å². The van der Waals surface area contributed by atoms with Gasteiger partial charge in [-0.2, -0.15) is 0 Å². The highest BCUT2D eigenvalue weighted by Crippen LogP contribution is 2.17. The minimum Gasteiger partial charge on any atom is -0.378 e. The predicted molar refractivity (Wildman–Crippen MR) is 48.3 cm³/mol. The van der Waals surface area contributed by atoms with E-state index >= 15 is 0 Å². The van der Waals surface area contributed by atoms with Crippen molar-refractivity contribution in [1.29, 1.82) is 0 Å². The Bertz CT molecular complexity index is 180. The molecule has 74 valence electrons. The van der Waals surface area contributed by atoms with Crippen LogP contribution in [0.25, 0.3) is 0 Å². The highest BCUT2D eigenvalue weighted by molar-refractivity contribution is 5.48. The van der Waals surface area contributed by atoms with Gasteiger partial charge in [-0.3, -0.25) is 0 Å². The molecule has 0 N–H and O–H groups in total. The third-order valence-electron chi connectivity index (χ3n) is 2.05. The van der Waals surface area contributed by atoms with E-state index in [2.05, 4.69) is 0 Å². The molecule has 0 amide bonds. The molecule has 2 atom stereocenters. The maximum atomic E-state index is 12.8. The van der Waals surface area contributed by atoms with Crippen molar-refractivity contribution in [3.05, 3.63) is 12.2 Å². The van der Waals surface area contributed by atoms with Gasteiger partial charge in [-0.15, -0.1) is 0 Å². The van der Waals surface area contributed by atoms with Gasteiger partial charge in [0.05, 0.1) is 6.10 Å². The Kier molecular flexibility index (Phi) is 4.68. The van der Waals surface area contributed by atoms with Crippen LogP contribution in [0, 0.1) is 0 Å². The molecule has 2 nitrogen and oxygen atoms in total. The largest absolute Gasteiger partial charge is 0.378 e. The monoisotopic (exact) mass is 186 g/mol. The Balaban J connectivity index is 2.08. The SMILES string of the molecule is O=CCCCOC1CC=CC(F)C1. The van der Waals surface area contributed by atoms with E-state index < -0.39 is 6.17 Å². The molecule has 0 heterocycles. The molecule has 13 heavy (non-hydrogen) atoms. The standard InChI is InChI=1S/C10H15FO2/c11-9-4-3-5-10(8-9)13-7-2-1-6-12/h3-4,6,9-10H,1-2,5,7-8H2. The van der Waals surface area contributed by atoms with Gasteiger partial charge in [0.25, 0.3) is 0 Å². The summed E-state index contributed by atoms with van der Waals surface area (Å²) in [7, 11) is 0. The summed E-state index contributed by atoms with van der Waals surface area (Å²) in [6, 6.07) is 0. The fraction of sp³-hybridized carbons (Fsp3) is 0.700. The zero-order valence-corrected chi connectivity index (χ0v) is 7.62. The van der Waals surface area contributed by atoms with Crippen LogP contribution in [-0.2, 0) is 9.53 Å². The van der Waals surface area contributed by atoms with Crippen LogP contribution in [0.1, 0.15) is 25.7 Å². The normalized spacial score (nSPS) is 27.5. The lowest BCUT2D eigenvalue weighted by atomic mass is 10.0. The number of rotatable bonds is 5. The highest BCUT2D eigenvalue weighted by Gasteiger charge is 2.16. The summed E-state index contributed by atoms with van der Waals surface area (Å²) in [4.78, 5) is 9.98. The molecule has 1 aliphatic carbocycles. The number of allylic oxidation sites excluding steroid dienone is 1. The van der Waals surface area contributed by atoms with Crippen LogP contribution in [0.4, 0.5) is 4.39 Å². The lowest BCUT2D eigenvalue weighted by molar-refractivity contribution is -0.108. The zero-order chi connectivity index (χ0) is 9.52. The molecule has 0 spiro atoms. The fourth-order valence-electron chi connectivity index (χ4n) is 1.36. The van der Waals surface area contributed by atoms with E-state index in [0.29, 0.717) is 19.4 Å². The van der Waals surface area contributed by atoms with Crippen molar-refractivity contribution in [2.45, 2.75) is 38.0 Å². The van der Waals surface area contributed by atoms with Gasteiger partial charge < -0.3 is 9.53 Å². The number of unbranched alkanes of at least 4 members (excludes halogenated alkanes) is 1. The van der Waals surface area contributed by atoms with Crippen molar-refractivity contribution in [3.8, 4) is 0 Å². The Morgan fingerprint density at radius 3 is 3.15 bits per heavy atom. The summed E-state index contributed by atoms with van der Waals surface area (Å²) < 4.78 is 18.2. The van der Waals surface area contributed by atoms with E-state index in [0.717, 1.165) is 19.1 Å². The van der Waals surface area contributed by atoms with Crippen molar-refractivity contribution in [2.75, 3.05) is 6.61 Å². The Morgan fingerprint density at radius 2 is 2.46 bits per heavy atom. The van der Waals surface area contributed by atoms with Crippen molar-refractivity contribution < 1.29 is 13.9 Å². The molecule has 0 fully saturated rings. The molecule has 3 heteroatoms. The first kappa shape index (κ1) is 10.4.